The maximum atomic E-state index is 12.7. The summed E-state index contributed by atoms with van der Waals surface area (Å²) in [6, 6.07) is 21.5. The second-order valence-electron chi connectivity index (χ2n) is 5.78. The zero-order valence-corrected chi connectivity index (χ0v) is 17.0. The van der Waals surface area contributed by atoms with Gasteiger partial charge in [0.05, 0.1) is 16.1 Å². The number of primary amides is 1. The summed E-state index contributed by atoms with van der Waals surface area (Å²) in [5, 5.41) is 0.113. The van der Waals surface area contributed by atoms with Gasteiger partial charge in [0, 0.05) is 9.13 Å². The molecule has 4 nitrogen and oxygen atoms in total. The van der Waals surface area contributed by atoms with Gasteiger partial charge in [-0.3, -0.25) is 4.79 Å². The van der Waals surface area contributed by atoms with E-state index in [4.69, 9.17) is 22.1 Å². The first-order valence-corrected chi connectivity index (χ1v) is 9.52. The summed E-state index contributed by atoms with van der Waals surface area (Å²) in [4.78, 5) is 24.1. The standard InChI is InChI=1S/C21H15ClINO3/c22-17-12-14(10-11-15(17)20(24)25)21(26)27-19(13-6-2-1-3-7-13)16-8-4-5-9-18(16)23/h1-12,19H,(H2,24,25). The van der Waals surface area contributed by atoms with E-state index < -0.39 is 18.0 Å². The lowest BCUT2D eigenvalue weighted by atomic mass is 10.0. The smallest absolute Gasteiger partial charge is 0.339 e. The van der Waals surface area contributed by atoms with Crippen molar-refractivity contribution < 1.29 is 14.3 Å². The molecule has 0 aliphatic rings. The van der Waals surface area contributed by atoms with Gasteiger partial charge in [0.15, 0.2) is 6.10 Å². The zero-order valence-electron chi connectivity index (χ0n) is 14.1. The van der Waals surface area contributed by atoms with Gasteiger partial charge in [-0.2, -0.15) is 0 Å². The lowest BCUT2D eigenvalue weighted by Crippen LogP contribution is -2.15. The van der Waals surface area contributed by atoms with E-state index in [1.54, 1.807) is 0 Å². The Morgan fingerprint density at radius 2 is 1.63 bits per heavy atom. The zero-order chi connectivity index (χ0) is 19.4. The van der Waals surface area contributed by atoms with Gasteiger partial charge >= 0.3 is 5.97 Å². The van der Waals surface area contributed by atoms with Crippen LogP contribution in [0.3, 0.4) is 0 Å². The summed E-state index contributed by atoms with van der Waals surface area (Å²) < 4.78 is 6.81. The topological polar surface area (TPSA) is 69.4 Å². The average molecular weight is 492 g/mol. The minimum Gasteiger partial charge on any atom is -0.449 e. The van der Waals surface area contributed by atoms with Gasteiger partial charge in [0.2, 0.25) is 5.91 Å². The van der Waals surface area contributed by atoms with Crippen molar-refractivity contribution in [2.45, 2.75) is 6.10 Å². The van der Waals surface area contributed by atoms with Crippen molar-refractivity contribution in [1.29, 1.82) is 0 Å². The van der Waals surface area contributed by atoms with Crippen LogP contribution in [-0.4, -0.2) is 11.9 Å². The van der Waals surface area contributed by atoms with E-state index in [2.05, 4.69) is 22.6 Å². The Morgan fingerprint density at radius 1 is 0.963 bits per heavy atom. The fraction of sp³-hybridized carbons (Fsp3) is 0.0476. The molecule has 0 radical (unpaired) electrons. The summed E-state index contributed by atoms with van der Waals surface area (Å²) >= 11 is 8.27. The fourth-order valence-corrected chi connectivity index (χ4v) is 3.59. The lowest BCUT2D eigenvalue weighted by Gasteiger charge is -2.20. The predicted octanol–water partition coefficient (Wildman–Crippen LogP) is 4.99. The number of hydrogen-bond acceptors (Lipinski definition) is 3. The molecule has 0 saturated carbocycles. The number of halogens is 2. The molecule has 3 aromatic carbocycles. The highest BCUT2D eigenvalue weighted by molar-refractivity contribution is 14.1. The Morgan fingerprint density at radius 3 is 2.26 bits per heavy atom. The van der Waals surface area contributed by atoms with Crippen molar-refractivity contribution in [1.82, 2.24) is 0 Å². The first-order chi connectivity index (χ1) is 13.0. The Bertz CT molecular complexity index is 992. The molecule has 3 rings (SSSR count). The maximum Gasteiger partial charge on any atom is 0.339 e. The number of benzene rings is 3. The molecule has 0 aliphatic heterocycles. The van der Waals surface area contributed by atoms with Crippen LogP contribution in [0, 0.1) is 3.57 Å². The molecule has 1 unspecified atom stereocenters. The van der Waals surface area contributed by atoms with E-state index in [-0.39, 0.29) is 16.1 Å². The molecule has 27 heavy (non-hydrogen) atoms. The Balaban J connectivity index is 1.95. The largest absolute Gasteiger partial charge is 0.449 e. The first-order valence-electron chi connectivity index (χ1n) is 8.07. The van der Waals surface area contributed by atoms with Crippen molar-refractivity contribution in [2.75, 3.05) is 0 Å². The Kier molecular flexibility index (Phi) is 6.13. The Hall–Kier alpha value is -2.38. The van der Waals surface area contributed by atoms with Crippen LogP contribution in [0.4, 0.5) is 0 Å². The van der Waals surface area contributed by atoms with Crippen LogP contribution >= 0.6 is 34.2 Å². The highest BCUT2D eigenvalue weighted by atomic mass is 127. The molecule has 0 aromatic heterocycles. The molecule has 1 amide bonds. The number of carbonyl (C=O) groups is 2. The van der Waals surface area contributed by atoms with Crippen LogP contribution in [0.15, 0.2) is 72.8 Å². The van der Waals surface area contributed by atoms with Crippen molar-refractivity contribution in [3.8, 4) is 0 Å². The lowest BCUT2D eigenvalue weighted by molar-refractivity contribution is 0.0376. The molecule has 1 atom stereocenters. The molecule has 0 heterocycles. The third-order valence-corrected chi connectivity index (χ3v) is 5.28. The quantitative estimate of drug-likeness (QED) is 0.404. The Labute approximate surface area is 175 Å². The van der Waals surface area contributed by atoms with Crippen molar-refractivity contribution in [2.24, 2.45) is 5.73 Å². The van der Waals surface area contributed by atoms with E-state index >= 15 is 0 Å². The number of rotatable bonds is 5. The van der Waals surface area contributed by atoms with Crippen molar-refractivity contribution in [3.63, 3.8) is 0 Å². The summed E-state index contributed by atoms with van der Waals surface area (Å²) in [6.07, 6.45) is -0.568. The van der Waals surface area contributed by atoms with Crippen molar-refractivity contribution in [3.05, 3.63) is 104 Å². The number of carbonyl (C=O) groups excluding carboxylic acids is 2. The van der Waals surface area contributed by atoms with Crippen LogP contribution in [0.1, 0.15) is 37.9 Å². The molecule has 6 heteroatoms. The van der Waals surface area contributed by atoms with E-state index in [9.17, 15) is 9.59 Å². The summed E-state index contributed by atoms with van der Waals surface area (Å²) in [5.74, 6) is -1.19. The third-order valence-electron chi connectivity index (χ3n) is 3.99. The van der Waals surface area contributed by atoms with E-state index in [1.807, 2.05) is 54.6 Å². The van der Waals surface area contributed by atoms with Gasteiger partial charge in [-0.1, -0.05) is 60.1 Å². The minimum absolute atomic E-state index is 0.113. The average Bonchev–Trinajstić information content (AvgIpc) is 2.67. The molecule has 0 saturated heterocycles. The highest BCUT2D eigenvalue weighted by Gasteiger charge is 2.22. The maximum absolute atomic E-state index is 12.7. The summed E-state index contributed by atoms with van der Waals surface area (Å²) in [5.41, 5.74) is 7.40. The van der Waals surface area contributed by atoms with E-state index in [0.717, 1.165) is 14.7 Å². The molecular weight excluding hydrogens is 477 g/mol. The van der Waals surface area contributed by atoms with Crippen LogP contribution in [-0.2, 0) is 4.74 Å². The molecule has 2 N–H and O–H groups in total. The third kappa shape index (κ3) is 4.48. The minimum atomic E-state index is -0.652. The second-order valence-corrected chi connectivity index (χ2v) is 7.35. The summed E-state index contributed by atoms with van der Waals surface area (Å²) in [6.45, 7) is 0. The van der Waals surface area contributed by atoms with Crippen molar-refractivity contribution >= 4 is 46.1 Å². The van der Waals surface area contributed by atoms with Crippen LogP contribution in [0.25, 0.3) is 0 Å². The molecule has 136 valence electrons. The predicted molar refractivity (Wildman–Crippen MR) is 113 cm³/mol. The molecule has 0 aliphatic carbocycles. The van der Waals surface area contributed by atoms with Gasteiger partial charge in [-0.15, -0.1) is 0 Å². The number of amides is 1. The fourth-order valence-electron chi connectivity index (χ4n) is 2.64. The monoisotopic (exact) mass is 491 g/mol. The van der Waals surface area contributed by atoms with Crippen LogP contribution in [0.5, 0.6) is 0 Å². The number of hydrogen-bond donors (Lipinski definition) is 1. The summed E-state index contributed by atoms with van der Waals surface area (Å²) in [7, 11) is 0. The highest BCUT2D eigenvalue weighted by Crippen LogP contribution is 2.31. The molecule has 0 fully saturated rings. The van der Waals surface area contributed by atoms with Crippen LogP contribution < -0.4 is 5.73 Å². The molecule has 0 bridgehead atoms. The van der Waals surface area contributed by atoms with Gasteiger partial charge in [-0.25, -0.2) is 4.79 Å². The normalized spacial score (nSPS) is 11.6. The second kappa shape index (κ2) is 8.54. The SMILES string of the molecule is NC(=O)c1ccc(C(=O)OC(c2ccccc2)c2ccccc2I)cc1Cl. The molecule has 0 spiro atoms. The van der Waals surface area contributed by atoms with Gasteiger partial charge in [-0.05, 0) is 52.4 Å². The first kappa shape index (κ1) is 19.4. The van der Waals surface area contributed by atoms with Gasteiger partial charge < -0.3 is 10.5 Å². The van der Waals surface area contributed by atoms with E-state index in [0.29, 0.717) is 0 Å². The van der Waals surface area contributed by atoms with E-state index in [1.165, 1.54) is 18.2 Å². The van der Waals surface area contributed by atoms with Gasteiger partial charge in [0.25, 0.3) is 0 Å². The van der Waals surface area contributed by atoms with Crippen LogP contribution in [0.2, 0.25) is 5.02 Å². The molecular formula is C21H15ClINO3. The number of ether oxygens (including phenoxy) is 1. The molecule has 3 aromatic rings. The van der Waals surface area contributed by atoms with Gasteiger partial charge in [0.1, 0.15) is 0 Å². The number of nitrogens with two attached hydrogens (primary N) is 1. The number of esters is 1.